The molecule has 0 radical (unpaired) electrons. The summed E-state index contributed by atoms with van der Waals surface area (Å²) < 4.78 is 31.5. The molecule has 25 heavy (non-hydrogen) atoms. The maximum Gasteiger partial charge on any atom is 0.411 e. The number of fused-ring (bicyclic) bond motifs is 1. The highest BCUT2D eigenvalue weighted by molar-refractivity contribution is 5.87. The van der Waals surface area contributed by atoms with Crippen molar-refractivity contribution in [3.05, 3.63) is 77.4 Å². The minimum absolute atomic E-state index is 0.00221. The van der Waals surface area contributed by atoms with Crippen LogP contribution in [-0.4, -0.2) is 6.09 Å². The van der Waals surface area contributed by atoms with Crippen molar-refractivity contribution in [3.8, 4) is 6.07 Å². The molecular weight excluding hydrogens is 326 g/mol. The Bertz CT molecular complexity index is 996. The second kappa shape index (κ2) is 6.97. The zero-order valence-electron chi connectivity index (χ0n) is 12.9. The van der Waals surface area contributed by atoms with Gasteiger partial charge in [-0.05, 0) is 28.5 Å². The highest BCUT2D eigenvalue weighted by Crippen LogP contribution is 2.20. The highest BCUT2D eigenvalue weighted by Gasteiger charge is 2.13. The van der Waals surface area contributed by atoms with Crippen molar-refractivity contribution in [3.63, 3.8) is 0 Å². The molecule has 1 N–H and O–H groups in total. The number of anilines is 1. The molecule has 0 aliphatic heterocycles. The summed E-state index contributed by atoms with van der Waals surface area (Å²) in [5.74, 6) is -2.32. The predicted octanol–water partition coefficient (Wildman–Crippen LogP) is 4.74. The molecule has 0 spiro atoms. The largest absolute Gasteiger partial charge is 0.444 e. The van der Waals surface area contributed by atoms with Gasteiger partial charge >= 0.3 is 6.09 Å². The summed E-state index contributed by atoms with van der Waals surface area (Å²) in [7, 11) is 0. The van der Waals surface area contributed by atoms with Crippen molar-refractivity contribution in [2.45, 2.75) is 6.61 Å². The molecule has 6 heteroatoms. The zero-order valence-corrected chi connectivity index (χ0v) is 12.9. The van der Waals surface area contributed by atoms with Crippen LogP contribution >= 0.6 is 0 Å². The van der Waals surface area contributed by atoms with Crippen LogP contribution in [0.4, 0.5) is 19.3 Å². The third-order valence-electron chi connectivity index (χ3n) is 3.60. The lowest BCUT2D eigenvalue weighted by Gasteiger charge is -2.09. The number of ether oxygens (including phenoxy) is 1. The Morgan fingerprint density at radius 2 is 1.76 bits per heavy atom. The highest BCUT2D eigenvalue weighted by atomic mass is 19.2. The lowest BCUT2D eigenvalue weighted by Crippen LogP contribution is -2.15. The molecule has 3 aromatic rings. The number of nitriles is 1. The number of nitrogens with zero attached hydrogens (tertiary/aromatic N) is 1. The number of hydrogen-bond acceptors (Lipinski definition) is 3. The number of rotatable bonds is 3. The Morgan fingerprint density at radius 3 is 2.52 bits per heavy atom. The molecule has 0 aliphatic rings. The average molecular weight is 338 g/mol. The van der Waals surface area contributed by atoms with Crippen LogP contribution in [0.5, 0.6) is 0 Å². The third kappa shape index (κ3) is 3.72. The summed E-state index contributed by atoms with van der Waals surface area (Å²) in [4.78, 5) is 11.9. The molecule has 0 unspecified atom stereocenters. The number of carbonyl (C=O) groups excluding carboxylic acids is 1. The minimum Gasteiger partial charge on any atom is -0.444 e. The molecule has 3 aromatic carbocycles. The molecule has 0 atom stereocenters. The van der Waals surface area contributed by atoms with Gasteiger partial charge in [-0.25, -0.2) is 13.6 Å². The average Bonchev–Trinajstić information content (AvgIpc) is 2.62. The number of amides is 1. The maximum absolute atomic E-state index is 13.3. The van der Waals surface area contributed by atoms with E-state index >= 15 is 0 Å². The van der Waals surface area contributed by atoms with E-state index < -0.39 is 17.7 Å². The topological polar surface area (TPSA) is 62.1 Å². The molecule has 0 saturated carbocycles. The van der Waals surface area contributed by atoms with Crippen molar-refractivity contribution in [1.82, 2.24) is 0 Å². The van der Waals surface area contributed by atoms with Crippen molar-refractivity contribution < 1.29 is 18.3 Å². The number of nitrogens with one attached hydrogen (secondary N) is 1. The summed E-state index contributed by atoms with van der Waals surface area (Å²) in [6.07, 6.45) is -0.865. The van der Waals surface area contributed by atoms with Crippen LogP contribution in [0.1, 0.15) is 11.1 Å². The van der Waals surface area contributed by atoms with E-state index in [-0.39, 0.29) is 17.9 Å². The van der Waals surface area contributed by atoms with Gasteiger partial charge < -0.3 is 4.74 Å². The van der Waals surface area contributed by atoms with Crippen LogP contribution in [0.15, 0.2) is 54.6 Å². The van der Waals surface area contributed by atoms with E-state index in [9.17, 15) is 13.6 Å². The van der Waals surface area contributed by atoms with Gasteiger partial charge in [0.1, 0.15) is 12.7 Å². The van der Waals surface area contributed by atoms with Gasteiger partial charge in [0.25, 0.3) is 0 Å². The lowest BCUT2D eigenvalue weighted by molar-refractivity contribution is 0.155. The van der Waals surface area contributed by atoms with Gasteiger partial charge in [0.05, 0.1) is 11.3 Å². The summed E-state index contributed by atoms with van der Waals surface area (Å²) in [6, 6.07) is 16.5. The SMILES string of the molecule is N#Cc1cc(F)c(F)cc1NC(=O)OCc1ccc2ccccc2c1. The van der Waals surface area contributed by atoms with Crippen molar-refractivity contribution in [1.29, 1.82) is 5.26 Å². The monoisotopic (exact) mass is 338 g/mol. The Morgan fingerprint density at radius 1 is 1.04 bits per heavy atom. The van der Waals surface area contributed by atoms with Gasteiger partial charge in [0.2, 0.25) is 0 Å². The molecule has 0 heterocycles. The lowest BCUT2D eigenvalue weighted by atomic mass is 10.1. The van der Waals surface area contributed by atoms with Crippen molar-refractivity contribution in [2.75, 3.05) is 5.32 Å². The fraction of sp³-hybridized carbons (Fsp3) is 0.0526. The van der Waals surface area contributed by atoms with E-state index in [1.165, 1.54) is 0 Å². The van der Waals surface area contributed by atoms with Crippen molar-refractivity contribution in [2.24, 2.45) is 0 Å². The first-order valence-electron chi connectivity index (χ1n) is 7.37. The molecule has 124 valence electrons. The first-order valence-corrected chi connectivity index (χ1v) is 7.37. The van der Waals surface area contributed by atoms with Crippen LogP contribution in [-0.2, 0) is 11.3 Å². The van der Waals surface area contributed by atoms with E-state index in [0.29, 0.717) is 6.07 Å². The Kier molecular flexibility index (Phi) is 4.57. The van der Waals surface area contributed by atoms with Gasteiger partial charge in [0.15, 0.2) is 11.6 Å². The van der Waals surface area contributed by atoms with Crippen LogP contribution in [0.3, 0.4) is 0 Å². The minimum atomic E-state index is -1.16. The van der Waals surface area contributed by atoms with E-state index in [2.05, 4.69) is 5.32 Å². The van der Waals surface area contributed by atoms with Gasteiger partial charge in [-0.15, -0.1) is 0 Å². The summed E-state index contributed by atoms with van der Waals surface area (Å²) in [5.41, 5.74) is 0.436. The first-order chi connectivity index (χ1) is 12.1. The van der Waals surface area contributed by atoms with Crippen LogP contribution in [0, 0.1) is 23.0 Å². The molecule has 0 aliphatic carbocycles. The Hall–Kier alpha value is -3.46. The number of halogens is 2. The Balaban J connectivity index is 1.68. The Labute approximate surface area is 142 Å². The normalized spacial score (nSPS) is 10.3. The van der Waals surface area contributed by atoms with Crippen LogP contribution in [0.2, 0.25) is 0 Å². The molecule has 4 nitrogen and oxygen atoms in total. The molecule has 0 aromatic heterocycles. The number of carbonyl (C=O) groups is 1. The zero-order chi connectivity index (χ0) is 17.8. The fourth-order valence-corrected chi connectivity index (χ4v) is 2.37. The molecule has 0 bridgehead atoms. The summed E-state index contributed by atoms with van der Waals surface area (Å²) >= 11 is 0. The third-order valence-corrected chi connectivity index (χ3v) is 3.60. The molecule has 1 amide bonds. The van der Waals surface area contributed by atoms with E-state index in [0.717, 1.165) is 22.4 Å². The van der Waals surface area contributed by atoms with Gasteiger partial charge in [-0.1, -0.05) is 36.4 Å². The molecule has 0 saturated heterocycles. The van der Waals surface area contributed by atoms with E-state index in [1.807, 2.05) is 42.5 Å². The van der Waals surface area contributed by atoms with Crippen LogP contribution < -0.4 is 5.32 Å². The maximum atomic E-state index is 13.3. The van der Waals surface area contributed by atoms with E-state index in [1.54, 1.807) is 6.07 Å². The van der Waals surface area contributed by atoms with Crippen LogP contribution in [0.25, 0.3) is 10.8 Å². The quantitative estimate of drug-likeness (QED) is 0.750. The van der Waals surface area contributed by atoms with Crippen molar-refractivity contribution >= 4 is 22.6 Å². The van der Waals surface area contributed by atoms with E-state index in [4.69, 9.17) is 10.00 Å². The number of hydrogen-bond donors (Lipinski definition) is 1. The molecular formula is C19H12F2N2O2. The summed E-state index contributed by atoms with van der Waals surface area (Å²) in [5, 5.41) is 13.2. The van der Waals surface area contributed by atoms with Gasteiger partial charge in [-0.2, -0.15) is 5.26 Å². The fourth-order valence-electron chi connectivity index (χ4n) is 2.37. The van der Waals surface area contributed by atoms with Gasteiger partial charge in [0, 0.05) is 6.07 Å². The smallest absolute Gasteiger partial charge is 0.411 e. The predicted molar refractivity (Wildman–Crippen MR) is 88.8 cm³/mol. The first kappa shape index (κ1) is 16.4. The standard InChI is InChI=1S/C19H12F2N2O2/c20-16-8-15(10-22)18(9-17(16)21)23-19(24)25-11-12-5-6-13-3-1-2-4-14(13)7-12/h1-9H,11H2,(H,23,24). The summed E-state index contributed by atoms with van der Waals surface area (Å²) in [6.45, 7) is 0.00221. The van der Waals surface area contributed by atoms with Gasteiger partial charge in [-0.3, -0.25) is 5.32 Å². The second-order valence-corrected chi connectivity index (χ2v) is 5.31. The molecule has 3 rings (SSSR count). The molecule has 0 fully saturated rings. The second-order valence-electron chi connectivity index (χ2n) is 5.31. The number of benzene rings is 3.